The van der Waals surface area contributed by atoms with Crippen molar-refractivity contribution in [2.45, 2.75) is 73.1 Å². The van der Waals surface area contributed by atoms with Gasteiger partial charge in [-0.1, -0.05) is 82.3 Å². The third-order valence-electron chi connectivity index (χ3n) is 10.1. The second-order valence-corrected chi connectivity index (χ2v) is 16.4. The van der Waals surface area contributed by atoms with Gasteiger partial charge in [-0.25, -0.2) is 24.0 Å². The van der Waals surface area contributed by atoms with Gasteiger partial charge in [0.05, 0.1) is 25.4 Å². The van der Waals surface area contributed by atoms with E-state index in [-0.39, 0.29) is 48.2 Å². The van der Waals surface area contributed by atoms with Crippen LogP contribution in [-0.2, 0) is 33.4 Å². The molecule has 0 N–H and O–H groups in total. The summed E-state index contributed by atoms with van der Waals surface area (Å²) in [6.45, 7) is 20.3. The van der Waals surface area contributed by atoms with E-state index in [9.17, 15) is 24.0 Å². The van der Waals surface area contributed by atoms with Gasteiger partial charge in [0.25, 0.3) is 0 Å². The molecule has 0 aromatic heterocycles. The zero-order valence-electron chi connectivity index (χ0n) is 38.6. The summed E-state index contributed by atoms with van der Waals surface area (Å²) in [5.41, 5.74) is 3.93. The SMILES string of the molecule is C=C(C)C(=O)OCCCCCCCOc1ccc(-c2ccc(/C=C/C(=O)Oc3ccc(OC(=O)c4ccc(OCCC(C)(COC(=O)C(=C)C)COC(=O)C(=C)C)cc4)cc3C)cc2)cc1. The molecule has 12 nitrogen and oxygen atoms in total. The first-order chi connectivity index (χ1) is 31.5. The molecule has 0 unspecified atom stereocenters. The Balaban J connectivity index is 1.18. The number of unbranched alkanes of at least 4 members (excludes halogenated alkanes) is 4. The fraction of sp³-hybridized carbons (Fsp3) is 0.315. The molecule has 12 heteroatoms. The van der Waals surface area contributed by atoms with Crippen LogP contribution >= 0.6 is 0 Å². The maximum atomic E-state index is 13.0. The van der Waals surface area contributed by atoms with Gasteiger partial charge < -0.3 is 33.2 Å². The van der Waals surface area contributed by atoms with E-state index in [1.807, 2.05) is 55.5 Å². The van der Waals surface area contributed by atoms with E-state index >= 15 is 0 Å². The minimum absolute atomic E-state index is 0.0219. The molecule has 66 heavy (non-hydrogen) atoms. The topological polar surface area (TPSA) is 150 Å². The Morgan fingerprint density at radius 2 is 1.05 bits per heavy atom. The van der Waals surface area contributed by atoms with Crippen LogP contribution in [0.2, 0.25) is 0 Å². The van der Waals surface area contributed by atoms with E-state index in [0.717, 1.165) is 54.5 Å². The van der Waals surface area contributed by atoms with Gasteiger partial charge in [-0.3, -0.25) is 0 Å². The quantitative estimate of drug-likeness (QED) is 0.0194. The molecule has 348 valence electrons. The molecule has 0 atom stereocenters. The molecule has 0 saturated heterocycles. The minimum Gasteiger partial charge on any atom is -0.494 e. The molecule has 0 aliphatic rings. The second kappa shape index (κ2) is 25.9. The van der Waals surface area contributed by atoms with Crippen LogP contribution < -0.4 is 18.9 Å². The van der Waals surface area contributed by atoms with Crippen LogP contribution in [-0.4, -0.2) is 62.9 Å². The lowest BCUT2D eigenvalue weighted by Crippen LogP contribution is -2.33. The van der Waals surface area contributed by atoms with Crippen LogP contribution in [0.25, 0.3) is 17.2 Å². The van der Waals surface area contributed by atoms with E-state index in [0.29, 0.717) is 42.3 Å². The summed E-state index contributed by atoms with van der Waals surface area (Å²) in [6.07, 6.45) is 8.28. The average Bonchev–Trinajstić information content (AvgIpc) is 3.30. The maximum absolute atomic E-state index is 13.0. The van der Waals surface area contributed by atoms with Crippen LogP contribution in [0.5, 0.6) is 23.0 Å². The lowest BCUT2D eigenvalue weighted by Gasteiger charge is -2.28. The first-order valence-corrected chi connectivity index (χ1v) is 21.8. The van der Waals surface area contributed by atoms with Crippen molar-refractivity contribution in [1.82, 2.24) is 0 Å². The number of carbonyl (C=O) groups excluding carboxylic acids is 5. The van der Waals surface area contributed by atoms with Crippen LogP contribution in [0.1, 0.15) is 87.7 Å². The van der Waals surface area contributed by atoms with Gasteiger partial charge >= 0.3 is 29.8 Å². The van der Waals surface area contributed by atoms with Crippen LogP contribution in [0.3, 0.4) is 0 Å². The largest absolute Gasteiger partial charge is 0.494 e. The standard InChI is InChI=1S/C54H60O12/c1-37(2)50(56)62-32-13-11-9-10-12-31-60-45-23-19-43(20-24-45)42-17-14-41(15-18-42)16-29-49(55)66-48-28-27-47(34-40(48)7)65-53(59)44-21-25-46(26-22-44)61-33-30-54(8,35-63-51(57)38(3)4)36-64-52(58)39(5)6/h14-29,34H,1,3,5,9-13,30-33,35-36H2,2,4,6-8H3/b29-16+. The van der Waals surface area contributed by atoms with Crippen molar-refractivity contribution in [3.05, 3.63) is 150 Å². The summed E-state index contributed by atoms with van der Waals surface area (Å²) in [7, 11) is 0. The van der Waals surface area contributed by atoms with E-state index in [4.69, 9.17) is 33.2 Å². The summed E-state index contributed by atoms with van der Waals surface area (Å²) in [5, 5.41) is 0. The van der Waals surface area contributed by atoms with E-state index < -0.39 is 29.3 Å². The van der Waals surface area contributed by atoms with E-state index in [1.165, 1.54) is 6.08 Å². The Morgan fingerprint density at radius 3 is 1.61 bits per heavy atom. The highest BCUT2D eigenvalue weighted by Gasteiger charge is 2.29. The van der Waals surface area contributed by atoms with E-state index in [2.05, 4.69) is 19.7 Å². The van der Waals surface area contributed by atoms with Crippen molar-refractivity contribution in [2.75, 3.05) is 33.0 Å². The predicted molar refractivity (Wildman–Crippen MR) is 253 cm³/mol. The number of benzene rings is 4. The predicted octanol–water partition coefficient (Wildman–Crippen LogP) is 11.0. The number of aryl methyl sites for hydroxylation is 1. The van der Waals surface area contributed by atoms with Crippen LogP contribution in [0.15, 0.2) is 134 Å². The first kappa shape index (κ1) is 51.4. The molecule has 0 saturated carbocycles. The average molecular weight is 901 g/mol. The molecule has 0 radical (unpaired) electrons. The number of hydrogen-bond donors (Lipinski definition) is 0. The molecule has 0 amide bonds. The molecule has 0 bridgehead atoms. The molecular weight excluding hydrogens is 841 g/mol. The fourth-order valence-corrected chi connectivity index (χ4v) is 6.03. The molecule has 0 aliphatic carbocycles. The fourth-order valence-electron chi connectivity index (χ4n) is 6.03. The van der Waals surface area contributed by atoms with Crippen molar-refractivity contribution in [3.8, 4) is 34.1 Å². The number of esters is 5. The summed E-state index contributed by atoms with van der Waals surface area (Å²) in [5.74, 6) is -0.692. The molecular formula is C54H60O12. The third kappa shape index (κ3) is 17.8. The molecule has 0 aliphatic heterocycles. The summed E-state index contributed by atoms with van der Waals surface area (Å²) in [6, 6.07) is 26.9. The highest BCUT2D eigenvalue weighted by molar-refractivity contribution is 5.92. The van der Waals surface area contributed by atoms with Crippen LogP contribution in [0.4, 0.5) is 0 Å². The lowest BCUT2D eigenvalue weighted by atomic mass is 9.89. The molecule has 0 heterocycles. The Bertz CT molecular complexity index is 2330. The zero-order chi connectivity index (χ0) is 48.1. The second-order valence-electron chi connectivity index (χ2n) is 16.4. The third-order valence-corrected chi connectivity index (χ3v) is 10.1. The van der Waals surface area contributed by atoms with Crippen molar-refractivity contribution in [3.63, 3.8) is 0 Å². The first-order valence-electron chi connectivity index (χ1n) is 21.8. The van der Waals surface area contributed by atoms with Crippen LogP contribution in [0, 0.1) is 12.3 Å². The molecule has 4 aromatic rings. The Hall–Kier alpha value is -7.21. The number of ether oxygens (including phenoxy) is 7. The maximum Gasteiger partial charge on any atom is 0.343 e. The van der Waals surface area contributed by atoms with Gasteiger partial charge in [0.2, 0.25) is 0 Å². The molecule has 0 spiro atoms. The zero-order valence-corrected chi connectivity index (χ0v) is 38.6. The molecule has 4 aromatic carbocycles. The highest BCUT2D eigenvalue weighted by atomic mass is 16.6. The van der Waals surface area contributed by atoms with Crippen molar-refractivity contribution < 1.29 is 57.1 Å². The van der Waals surface area contributed by atoms with Crippen molar-refractivity contribution in [2.24, 2.45) is 5.41 Å². The lowest BCUT2D eigenvalue weighted by molar-refractivity contribution is -0.149. The van der Waals surface area contributed by atoms with Gasteiger partial charge in [-0.15, -0.1) is 0 Å². The van der Waals surface area contributed by atoms with Crippen molar-refractivity contribution in [1.29, 1.82) is 0 Å². The van der Waals surface area contributed by atoms with Gasteiger partial charge in [-0.05, 0) is 130 Å². The Labute approximate surface area is 387 Å². The molecule has 0 fully saturated rings. The van der Waals surface area contributed by atoms with Gasteiger partial charge in [0.1, 0.15) is 36.2 Å². The van der Waals surface area contributed by atoms with Crippen molar-refractivity contribution >= 4 is 35.9 Å². The van der Waals surface area contributed by atoms with E-state index in [1.54, 1.807) is 76.2 Å². The number of hydrogen-bond acceptors (Lipinski definition) is 12. The number of rotatable bonds is 26. The summed E-state index contributed by atoms with van der Waals surface area (Å²) >= 11 is 0. The highest BCUT2D eigenvalue weighted by Crippen LogP contribution is 2.28. The minimum atomic E-state index is -0.750. The summed E-state index contributed by atoms with van der Waals surface area (Å²) < 4.78 is 38.8. The smallest absolute Gasteiger partial charge is 0.343 e. The Morgan fingerprint density at radius 1 is 0.561 bits per heavy atom. The normalized spacial score (nSPS) is 11.0. The number of carbonyl (C=O) groups is 5. The van der Waals surface area contributed by atoms with Gasteiger partial charge in [0, 0.05) is 28.2 Å². The van der Waals surface area contributed by atoms with Gasteiger partial charge in [0.15, 0.2) is 0 Å². The summed E-state index contributed by atoms with van der Waals surface area (Å²) in [4.78, 5) is 61.1. The van der Waals surface area contributed by atoms with Gasteiger partial charge in [-0.2, -0.15) is 0 Å². The Kier molecular flexibility index (Phi) is 20.2. The molecule has 4 rings (SSSR count). The monoisotopic (exact) mass is 900 g/mol.